The number of carbonyl (C=O) groups is 3. The molecule has 3 saturated heterocycles. The Morgan fingerprint density at radius 1 is 1.03 bits per heavy atom. The van der Waals surface area contributed by atoms with Crippen LogP contribution in [0.2, 0.25) is 5.02 Å². The van der Waals surface area contributed by atoms with Gasteiger partial charge in [0.05, 0.1) is 41.1 Å². The van der Waals surface area contributed by atoms with Crippen LogP contribution in [0.3, 0.4) is 0 Å². The molecule has 9 rings (SSSR count). The van der Waals surface area contributed by atoms with E-state index >= 15 is 0 Å². The van der Waals surface area contributed by atoms with Crippen LogP contribution in [-0.2, 0) is 28.0 Å². The average molecular weight is 838 g/mol. The van der Waals surface area contributed by atoms with E-state index in [-0.39, 0.29) is 35.6 Å². The van der Waals surface area contributed by atoms with Gasteiger partial charge in [0.1, 0.15) is 17.4 Å². The van der Waals surface area contributed by atoms with Crippen molar-refractivity contribution in [2.45, 2.75) is 38.6 Å². The molecular formula is C42H48ClN11O6. The molecule has 3 N–H and O–H groups in total. The van der Waals surface area contributed by atoms with Gasteiger partial charge in [-0.25, -0.2) is 4.98 Å². The largest absolute Gasteiger partial charge is 0.489 e. The Labute approximate surface area is 350 Å². The summed E-state index contributed by atoms with van der Waals surface area (Å²) in [6.45, 7) is 9.02. The van der Waals surface area contributed by atoms with E-state index in [1.807, 2.05) is 36.0 Å². The Kier molecular flexibility index (Phi) is 10.7. The van der Waals surface area contributed by atoms with Gasteiger partial charge < -0.3 is 29.9 Å². The Morgan fingerprint density at radius 2 is 1.87 bits per heavy atom. The third-order valence-electron chi connectivity index (χ3n) is 12.3. The van der Waals surface area contributed by atoms with Gasteiger partial charge in [0, 0.05) is 88.9 Å². The number of piperazine rings is 1. The van der Waals surface area contributed by atoms with E-state index in [0.29, 0.717) is 77.0 Å². The van der Waals surface area contributed by atoms with Gasteiger partial charge in [-0.05, 0) is 42.9 Å². The molecule has 7 heterocycles. The molecule has 1 unspecified atom stereocenters. The lowest BCUT2D eigenvalue weighted by atomic mass is 9.86. The van der Waals surface area contributed by atoms with Gasteiger partial charge in [-0.2, -0.15) is 10.1 Å². The van der Waals surface area contributed by atoms with Crippen LogP contribution in [-0.4, -0.2) is 113 Å². The summed E-state index contributed by atoms with van der Waals surface area (Å²) >= 11 is 6.65. The van der Waals surface area contributed by atoms with Crippen molar-refractivity contribution in [2.24, 2.45) is 18.9 Å². The first-order valence-corrected chi connectivity index (χ1v) is 20.9. The molecule has 17 nitrogen and oxygen atoms in total. The fraction of sp³-hybridized carbons (Fsp3) is 0.452. The van der Waals surface area contributed by atoms with Crippen LogP contribution >= 0.6 is 11.6 Å². The molecule has 3 amide bonds. The average Bonchev–Trinajstić information content (AvgIpc) is 3.58. The van der Waals surface area contributed by atoms with Gasteiger partial charge >= 0.3 is 0 Å². The molecule has 60 heavy (non-hydrogen) atoms. The van der Waals surface area contributed by atoms with Crippen molar-refractivity contribution < 1.29 is 23.9 Å². The number of amides is 3. The van der Waals surface area contributed by atoms with E-state index in [1.54, 1.807) is 16.8 Å². The third kappa shape index (κ3) is 7.55. The Morgan fingerprint density at radius 3 is 2.65 bits per heavy atom. The van der Waals surface area contributed by atoms with E-state index in [9.17, 15) is 19.2 Å². The molecule has 18 heteroatoms. The van der Waals surface area contributed by atoms with Crippen molar-refractivity contribution >= 4 is 74.3 Å². The molecule has 0 radical (unpaired) electrons. The van der Waals surface area contributed by atoms with Crippen LogP contribution in [0.15, 0.2) is 47.4 Å². The van der Waals surface area contributed by atoms with Crippen molar-refractivity contribution in [2.75, 3.05) is 81.2 Å². The normalized spacial score (nSPS) is 20.9. The van der Waals surface area contributed by atoms with Crippen LogP contribution in [0.1, 0.15) is 37.8 Å². The number of anilines is 4. The summed E-state index contributed by atoms with van der Waals surface area (Å²) < 4.78 is 15.1. The second-order valence-electron chi connectivity index (χ2n) is 16.1. The van der Waals surface area contributed by atoms with Crippen LogP contribution in [0.4, 0.5) is 23.1 Å². The number of ether oxygens (including phenoxy) is 2. The molecular weight excluding hydrogens is 790 g/mol. The van der Waals surface area contributed by atoms with Crippen LogP contribution in [0.5, 0.6) is 11.5 Å². The number of rotatable bonds is 10. The zero-order valence-corrected chi connectivity index (χ0v) is 34.6. The zero-order valence-electron chi connectivity index (χ0n) is 33.9. The number of halogens is 1. The van der Waals surface area contributed by atoms with Crippen molar-refractivity contribution in [1.29, 1.82) is 0 Å². The number of likely N-dealkylation sites (N-methyl/N-ethyl adjacent to an activating group) is 1. The van der Waals surface area contributed by atoms with E-state index in [0.717, 1.165) is 74.5 Å². The Hall–Kier alpha value is -5.94. The van der Waals surface area contributed by atoms with Gasteiger partial charge in [-0.3, -0.25) is 38.6 Å². The van der Waals surface area contributed by atoms with Crippen LogP contribution < -0.4 is 40.8 Å². The highest BCUT2D eigenvalue weighted by Gasteiger charge is 2.34. The molecule has 0 saturated carbocycles. The molecule has 3 fully saturated rings. The molecule has 4 aliphatic rings. The van der Waals surface area contributed by atoms with Crippen molar-refractivity contribution in [3.63, 3.8) is 0 Å². The maximum atomic E-state index is 13.2. The van der Waals surface area contributed by atoms with Gasteiger partial charge in [0.2, 0.25) is 17.8 Å². The molecule has 314 valence electrons. The smallest absolute Gasteiger partial charge is 0.293 e. The summed E-state index contributed by atoms with van der Waals surface area (Å²) in [6, 6.07) is 11.5. The van der Waals surface area contributed by atoms with E-state index in [4.69, 9.17) is 31.2 Å². The van der Waals surface area contributed by atoms with Crippen LogP contribution in [0.25, 0.3) is 21.8 Å². The van der Waals surface area contributed by atoms with Gasteiger partial charge in [-0.1, -0.05) is 30.7 Å². The number of nitrogens with one attached hydrogen (secondary N) is 3. The molecule has 4 aliphatic heterocycles. The first kappa shape index (κ1) is 39.5. The minimum absolute atomic E-state index is 0.0836. The number of carbonyl (C=O) groups excluding carboxylic acids is 3. The summed E-state index contributed by atoms with van der Waals surface area (Å²) in [7, 11) is 3.44. The predicted molar refractivity (Wildman–Crippen MR) is 228 cm³/mol. The summed E-state index contributed by atoms with van der Waals surface area (Å²) in [5.74, 6) is 1.35. The number of imide groups is 1. The highest BCUT2D eigenvalue weighted by atomic mass is 35.5. The van der Waals surface area contributed by atoms with Gasteiger partial charge in [0.25, 0.3) is 11.5 Å². The Bertz CT molecular complexity index is 2570. The highest BCUT2D eigenvalue weighted by Crippen LogP contribution is 2.37. The van der Waals surface area contributed by atoms with Crippen molar-refractivity contribution in [3.8, 4) is 11.5 Å². The maximum absolute atomic E-state index is 13.2. The summed E-state index contributed by atoms with van der Waals surface area (Å²) in [5.41, 5.74) is 3.87. The fourth-order valence-electron chi connectivity index (χ4n) is 9.12. The van der Waals surface area contributed by atoms with Crippen LogP contribution in [0, 0.1) is 11.8 Å². The topological polar surface area (TPSA) is 181 Å². The summed E-state index contributed by atoms with van der Waals surface area (Å²) in [5, 5.41) is 15.2. The SMILES string of the molecule is CNC(=O)COc1cc2cc(Nc3nc(N4CC[C@@H](CN5CCN(c6cccc7c(C8CCC(=O)NC8=O)nn(C)c67)CC5)[C@@H](C)C4)ncc3Cl)cc3c2n(c1=O)CCO3. The minimum atomic E-state index is -0.432. The number of piperidine rings is 2. The summed E-state index contributed by atoms with van der Waals surface area (Å²) in [6.07, 6.45) is 3.42. The molecule has 0 bridgehead atoms. The number of hydrogen-bond donors (Lipinski definition) is 3. The molecule has 3 atom stereocenters. The van der Waals surface area contributed by atoms with Gasteiger partial charge in [-0.15, -0.1) is 0 Å². The predicted octanol–water partition coefficient (Wildman–Crippen LogP) is 3.40. The first-order valence-electron chi connectivity index (χ1n) is 20.5. The first-order chi connectivity index (χ1) is 29.0. The lowest BCUT2D eigenvalue weighted by Crippen LogP contribution is -2.50. The summed E-state index contributed by atoms with van der Waals surface area (Å²) in [4.78, 5) is 66.3. The number of nitrogens with zero attached hydrogens (tertiary/aromatic N) is 8. The minimum Gasteiger partial charge on any atom is -0.489 e. The number of benzene rings is 2. The number of pyridine rings is 1. The number of aromatic nitrogens is 5. The highest BCUT2D eigenvalue weighted by molar-refractivity contribution is 6.33. The quantitative estimate of drug-likeness (QED) is 0.175. The van der Waals surface area contributed by atoms with E-state index in [1.165, 1.54) is 7.05 Å². The molecule has 5 aromatic rings. The van der Waals surface area contributed by atoms with Crippen molar-refractivity contribution in [1.82, 2.24) is 39.8 Å². The lowest BCUT2D eigenvalue weighted by molar-refractivity contribution is -0.134. The standard InChI is InChI=1S/C42H48ClN11O6/c1-24-21-53(42-45-20-30(43)39(48-42)46-27-17-26-18-33(60-23-35(56)44-2)41(58)54-15-16-59-32(19-27)37(26)54)10-9-25(24)22-51-11-13-52(14-12-51)31-6-4-5-28-36(49-50(3)38(28)31)29-7-8-34(55)47-40(29)57/h4-6,17-20,24-25,29H,7-16,21-23H2,1-3H3,(H,44,56)(H,45,46,48)(H,47,55,57)/t24-,25-,29?/m0/s1. The lowest BCUT2D eigenvalue weighted by Gasteiger charge is -2.42. The molecule has 2 aromatic carbocycles. The fourth-order valence-corrected chi connectivity index (χ4v) is 9.26. The second-order valence-corrected chi connectivity index (χ2v) is 16.5. The maximum Gasteiger partial charge on any atom is 0.293 e. The molecule has 0 aliphatic carbocycles. The van der Waals surface area contributed by atoms with Gasteiger partial charge in [0.15, 0.2) is 18.2 Å². The zero-order chi connectivity index (χ0) is 41.7. The monoisotopic (exact) mass is 837 g/mol. The second kappa shape index (κ2) is 16.3. The molecule has 3 aromatic heterocycles. The Balaban J connectivity index is 0.836. The third-order valence-corrected chi connectivity index (χ3v) is 12.6. The number of para-hydroxylation sites is 1. The van der Waals surface area contributed by atoms with E-state index < -0.39 is 5.92 Å². The molecule has 0 spiro atoms. The number of aryl methyl sites for hydroxylation is 1. The van der Waals surface area contributed by atoms with E-state index in [2.05, 4.69) is 48.6 Å². The van der Waals surface area contributed by atoms with Crippen molar-refractivity contribution in [3.05, 3.63) is 63.7 Å². The number of hydrogen-bond acceptors (Lipinski definition) is 13. The number of fused-ring (bicyclic) bond motifs is 1.